The summed E-state index contributed by atoms with van der Waals surface area (Å²) >= 11 is 0. The molecule has 0 aliphatic carbocycles. The molecule has 1 aliphatic rings. The minimum Gasteiger partial charge on any atom is -0.356 e. The van der Waals surface area contributed by atoms with Crippen LogP contribution in [0, 0.1) is 19.8 Å². The maximum Gasteiger partial charge on any atom is 0.257 e. The van der Waals surface area contributed by atoms with E-state index >= 15 is 0 Å². The molecule has 1 fully saturated rings. The van der Waals surface area contributed by atoms with E-state index in [1.54, 1.807) is 4.68 Å². The zero-order valence-corrected chi connectivity index (χ0v) is 19.0. The zero-order valence-electron chi connectivity index (χ0n) is 19.0. The average Bonchev–Trinajstić information content (AvgIpc) is 3.23. The highest BCUT2D eigenvalue weighted by Crippen LogP contribution is 2.29. The summed E-state index contributed by atoms with van der Waals surface area (Å²) in [5, 5.41) is 7.74. The molecular formula is C26H30N4O2. The molecule has 0 atom stereocenters. The molecule has 2 aromatic carbocycles. The van der Waals surface area contributed by atoms with Crippen LogP contribution in [0.5, 0.6) is 0 Å². The first kappa shape index (κ1) is 21.8. The third-order valence-corrected chi connectivity index (χ3v) is 6.14. The van der Waals surface area contributed by atoms with Crippen LogP contribution in [0.25, 0.3) is 16.9 Å². The van der Waals surface area contributed by atoms with Crippen molar-refractivity contribution in [2.45, 2.75) is 33.6 Å². The molecule has 4 rings (SSSR count). The summed E-state index contributed by atoms with van der Waals surface area (Å²) in [6.07, 6.45) is 3.63. The normalized spacial score (nSPS) is 14.4. The topological polar surface area (TPSA) is 67.2 Å². The standard InChI is InChI=1S/C26H30N4O2/c1-18-9-10-23(19(2)15-18)25-24(17-30(28-25)22-7-5-4-6-8-22)26(32)29-13-11-21(12-14-29)16-27-20(3)31/h4-10,15,17,21H,11-14,16H2,1-3H3,(H,27,31). The van der Waals surface area contributed by atoms with E-state index < -0.39 is 0 Å². The molecule has 2 heterocycles. The van der Waals surface area contributed by atoms with Crippen molar-refractivity contribution in [2.24, 2.45) is 5.92 Å². The maximum atomic E-state index is 13.6. The van der Waals surface area contributed by atoms with Crippen LogP contribution in [0.3, 0.4) is 0 Å². The van der Waals surface area contributed by atoms with Crippen LogP contribution < -0.4 is 5.32 Å². The largest absolute Gasteiger partial charge is 0.356 e. The first-order chi connectivity index (χ1) is 15.4. The number of aryl methyl sites for hydroxylation is 2. The first-order valence-electron chi connectivity index (χ1n) is 11.2. The number of nitrogens with zero attached hydrogens (tertiary/aromatic N) is 3. The number of para-hydroxylation sites is 1. The van der Waals surface area contributed by atoms with E-state index in [4.69, 9.17) is 5.10 Å². The van der Waals surface area contributed by atoms with Gasteiger partial charge in [-0.05, 0) is 50.3 Å². The quantitative estimate of drug-likeness (QED) is 0.661. The number of piperidine rings is 1. The fourth-order valence-corrected chi connectivity index (χ4v) is 4.32. The summed E-state index contributed by atoms with van der Waals surface area (Å²) in [5.41, 5.74) is 5.54. The average molecular weight is 431 g/mol. The molecule has 6 heteroatoms. The van der Waals surface area contributed by atoms with Crippen molar-refractivity contribution < 1.29 is 9.59 Å². The minimum absolute atomic E-state index is 0.00468. The molecule has 0 saturated carbocycles. The van der Waals surface area contributed by atoms with Gasteiger partial charge in [-0.2, -0.15) is 5.10 Å². The predicted octanol–water partition coefficient (Wildman–Crippen LogP) is 4.14. The lowest BCUT2D eigenvalue weighted by Gasteiger charge is -2.32. The minimum atomic E-state index is -0.00468. The fraction of sp³-hybridized carbons (Fsp3) is 0.346. The third-order valence-electron chi connectivity index (χ3n) is 6.14. The van der Waals surface area contributed by atoms with Gasteiger partial charge in [-0.15, -0.1) is 0 Å². The van der Waals surface area contributed by atoms with E-state index in [-0.39, 0.29) is 11.8 Å². The van der Waals surface area contributed by atoms with E-state index in [2.05, 4.69) is 37.4 Å². The number of benzene rings is 2. The van der Waals surface area contributed by atoms with E-state index in [0.717, 1.165) is 35.3 Å². The van der Waals surface area contributed by atoms with Gasteiger partial charge >= 0.3 is 0 Å². The predicted molar refractivity (Wildman–Crippen MR) is 126 cm³/mol. The number of hydrogen-bond acceptors (Lipinski definition) is 3. The number of nitrogens with one attached hydrogen (secondary N) is 1. The van der Waals surface area contributed by atoms with Gasteiger partial charge in [-0.3, -0.25) is 9.59 Å². The molecule has 1 N–H and O–H groups in total. The molecule has 0 bridgehead atoms. The van der Waals surface area contributed by atoms with E-state index in [9.17, 15) is 9.59 Å². The molecule has 1 saturated heterocycles. The summed E-state index contributed by atoms with van der Waals surface area (Å²) in [5.74, 6) is 0.420. The Labute approximate surface area is 189 Å². The molecule has 166 valence electrons. The maximum absolute atomic E-state index is 13.6. The van der Waals surface area contributed by atoms with Gasteiger partial charge < -0.3 is 10.2 Å². The number of hydrogen-bond donors (Lipinski definition) is 1. The Balaban J connectivity index is 1.63. The molecule has 0 spiro atoms. The first-order valence-corrected chi connectivity index (χ1v) is 11.2. The van der Waals surface area contributed by atoms with Crippen molar-refractivity contribution in [1.29, 1.82) is 0 Å². The zero-order chi connectivity index (χ0) is 22.7. The van der Waals surface area contributed by atoms with E-state index in [1.165, 1.54) is 12.5 Å². The van der Waals surface area contributed by atoms with Gasteiger partial charge in [0.2, 0.25) is 5.91 Å². The number of carbonyl (C=O) groups is 2. The Morgan fingerprint density at radius 3 is 2.44 bits per heavy atom. The molecule has 6 nitrogen and oxygen atoms in total. The van der Waals surface area contributed by atoms with Gasteiger partial charge in [-0.1, -0.05) is 42.0 Å². The Morgan fingerprint density at radius 1 is 1.06 bits per heavy atom. The second-order valence-electron chi connectivity index (χ2n) is 8.66. The van der Waals surface area contributed by atoms with Crippen LogP contribution in [-0.4, -0.2) is 46.1 Å². The molecule has 2 amide bonds. The van der Waals surface area contributed by atoms with Crippen LogP contribution in [0.2, 0.25) is 0 Å². The molecular weight excluding hydrogens is 400 g/mol. The van der Waals surface area contributed by atoms with Crippen molar-refractivity contribution >= 4 is 11.8 Å². The highest BCUT2D eigenvalue weighted by Gasteiger charge is 2.28. The van der Waals surface area contributed by atoms with Crippen molar-refractivity contribution in [3.8, 4) is 16.9 Å². The second-order valence-corrected chi connectivity index (χ2v) is 8.66. The Bertz CT molecular complexity index is 1110. The van der Waals surface area contributed by atoms with Crippen molar-refractivity contribution in [3.63, 3.8) is 0 Å². The lowest BCUT2D eigenvalue weighted by Crippen LogP contribution is -2.41. The van der Waals surface area contributed by atoms with Crippen molar-refractivity contribution in [3.05, 3.63) is 71.4 Å². The monoisotopic (exact) mass is 430 g/mol. The molecule has 1 aromatic heterocycles. The van der Waals surface area contributed by atoms with Gasteiger partial charge in [0.25, 0.3) is 5.91 Å². The van der Waals surface area contributed by atoms with Gasteiger partial charge in [0, 0.05) is 38.3 Å². The van der Waals surface area contributed by atoms with Crippen molar-refractivity contribution in [1.82, 2.24) is 20.0 Å². The molecule has 0 radical (unpaired) electrons. The molecule has 1 aliphatic heterocycles. The van der Waals surface area contributed by atoms with Gasteiger partial charge in [0.05, 0.1) is 11.3 Å². The number of rotatable bonds is 5. The number of likely N-dealkylation sites (tertiary alicyclic amines) is 1. The Kier molecular flexibility index (Phi) is 6.40. The van der Waals surface area contributed by atoms with Crippen LogP contribution >= 0.6 is 0 Å². The van der Waals surface area contributed by atoms with E-state index in [0.29, 0.717) is 31.1 Å². The van der Waals surface area contributed by atoms with E-state index in [1.807, 2.05) is 41.4 Å². The summed E-state index contributed by atoms with van der Waals surface area (Å²) in [6, 6.07) is 16.1. The van der Waals surface area contributed by atoms with Crippen LogP contribution in [0.1, 0.15) is 41.3 Å². The highest BCUT2D eigenvalue weighted by molar-refractivity contribution is 6.00. The Morgan fingerprint density at radius 2 is 1.78 bits per heavy atom. The smallest absolute Gasteiger partial charge is 0.257 e. The molecule has 32 heavy (non-hydrogen) atoms. The molecule has 3 aromatic rings. The van der Waals surface area contributed by atoms with Gasteiger partial charge in [0.15, 0.2) is 0 Å². The number of aromatic nitrogens is 2. The van der Waals surface area contributed by atoms with Crippen LogP contribution in [-0.2, 0) is 4.79 Å². The van der Waals surface area contributed by atoms with Crippen LogP contribution in [0.4, 0.5) is 0 Å². The summed E-state index contributed by atoms with van der Waals surface area (Å²) in [6.45, 7) is 7.72. The SMILES string of the molecule is CC(=O)NCC1CCN(C(=O)c2cn(-c3ccccc3)nc2-c2ccc(C)cc2C)CC1. The number of amides is 2. The van der Waals surface area contributed by atoms with Crippen LogP contribution in [0.15, 0.2) is 54.7 Å². The lowest BCUT2D eigenvalue weighted by molar-refractivity contribution is -0.119. The third kappa shape index (κ3) is 4.74. The lowest BCUT2D eigenvalue weighted by atomic mass is 9.95. The van der Waals surface area contributed by atoms with Crippen molar-refractivity contribution in [2.75, 3.05) is 19.6 Å². The fourth-order valence-electron chi connectivity index (χ4n) is 4.32. The molecule has 0 unspecified atom stereocenters. The summed E-state index contributed by atoms with van der Waals surface area (Å²) < 4.78 is 1.80. The van der Waals surface area contributed by atoms with Gasteiger partial charge in [-0.25, -0.2) is 4.68 Å². The summed E-state index contributed by atoms with van der Waals surface area (Å²) in [7, 11) is 0. The van der Waals surface area contributed by atoms with Gasteiger partial charge in [0.1, 0.15) is 5.69 Å². The second kappa shape index (κ2) is 9.39. The summed E-state index contributed by atoms with van der Waals surface area (Å²) in [4.78, 5) is 26.7. The Hall–Kier alpha value is -3.41. The highest BCUT2D eigenvalue weighted by atomic mass is 16.2. The number of carbonyl (C=O) groups excluding carboxylic acids is 2.